The molecule has 4 aromatic carbocycles. The Kier molecular flexibility index (Phi) is 5.75. The molecule has 0 aliphatic rings. The number of phenols is 1. The molecule has 0 radical (unpaired) electrons. The normalized spacial score (nSPS) is 10.9. The summed E-state index contributed by atoms with van der Waals surface area (Å²) in [6, 6.07) is 35.6. The van der Waals surface area contributed by atoms with Crippen molar-refractivity contribution in [2.24, 2.45) is 0 Å². The van der Waals surface area contributed by atoms with Crippen molar-refractivity contribution in [3.8, 4) is 5.75 Å². The summed E-state index contributed by atoms with van der Waals surface area (Å²) in [7, 11) is -0.125. The first-order valence-corrected chi connectivity index (χ1v) is 11.2. The molecule has 0 fully saturated rings. The smallest absolute Gasteiger partial charge is 0.166 e. The first kappa shape index (κ1) is 18.7. The molecule has 0 aromatic heterocycles. The third-order valence-electron chi connectivity index (χ3n) is 4.40. The summed E-state index contributed by atoms with van der Waals surface area (Å²) in [4.78, 5) is 6.34. The summed E-state index contributed by atoms with van der Waals surface area (Å²) in [5.74, 6) is 0.297. The standard InChI is InChI=1S/C25H20OS2/c1-19-18-24(16-17-25(19)27-21-14-12-20(26)13-15-21)28(22-8-4-2-5-9-22)23-10-6-3-7-11-23/h2-18H,1H3/p+1. The molecule has 0 heterocycles. The van der Waals surface area contributed by atoms with Crippen molar-refractivity contribution in [3.05, 3.63) is 109 Å². The van der Waals surface area contributed by atoms with Crippen LogP contribution in [0.25, 0.3) is 0 Å². The van der Waals surface area contributed by atoms with E-state index in [-0.39, 0.29) is 10.9 Å². The summed E-state index contributed by atoms with van der Waals surface area (Å²) < 4.78 is 0. The van der Waals surface area contributed by atoms with Gasteiger partial charge in [-0.3, -0.25) is 0 Å². The Morgan fingerprint density at radius 1 is 0.643 bits per heavy atom. The second-order valence-electron chi connectivity index (χ2n) is 6.46. The van der Waals surface area contributed by atoms with Gasteiger partial charge in [0.1, 0.15) is 5.75 Å². The maximum absolute atomic E-state index is 9.48. The first-order chi connectivity index (χ1) is 13.7. The van der Waals surface area contributed by atoms with Crippen molar-refractivity contribution in [1.82, 2.24) is 0 Å². The molecule has 3 heteroatoms. The quantitative estimate of drug-likeness (QED) is 0.365. The van der Waals surface area contributed by atoms with Crippen LogP contribution in [-0.2, 0) is 10.9 Å². The van der Waals surface area contributed by atoms with Gasteiger partial charge in [0.25, 0.3) is 0 Å². The molecule has 0 atom stereocenters. The zero-order valence-corrected chi connectivity index (χ0v) is 17.2. The summed E-state index contributed by atoms with van der Waals surface area (Å²) >= 11 is 1.73. The maximum Gasteiger partial charge on any atom is 0.166 e. The van der Waals surface area contributed by atoms with Crippen LogP contribution in [0.1, 0.15) is 5.56 Å². The van der Waals surface area contributed by atoms with Crippen LogP contribution in [0, 0.1) is 6.92 Å². The summed E-state index contributed by atoms with van der Waals surface area (Å²) in [5.41, 5.74) is 1.26. The van der Waals surface area contributed by atoms with Crippen LogP contribution in [0.15, 0.2) is 128 Å². The van der Waals surface area contributed by atoms with Crippen molar-refractivity contribution in [3.63, 3.8) is 0 Å². The lowest BCUT2D eigenvalue weighted by molar-refractivity contribution is 0.475. The highest BCUT2D eigenvalue weighted by Gasteiger charge is 2.28. The van der Waals surface area contributed by atoms with Crippen LogP contribution >= 0.6 is 11.8 Å². The molecule has 0 bridgehead atoms. The van der Waals surface area contributed by atoms with Gasteiger partial charge in [-0.05, 0) is 79.2 Å². The van der Waals surface area contributed by atoms with Gasteiger partial charge >= 0.3 is 0 Å². The zero-order chi connectivity index (χ0) is 19.3. The molecule has 28 heavy (non-hydrogen) atoms. The number of phenolic OH excluding ortho intramolecular Hbond substituents is 1. The number of hydrogen-bond acceptors (Lipinski definition) is 2. The third-order valence-corrected chi connectivity index (χ3v) is 7.80. The third kappa shape index (κ3) is 4.27. The predicted octanol–water partition coefficient (Wildman–Crippen LogP) is 6.95. The second kappa shape index (κ2) is 8.59. The summed E-state index contributed by atoms with van der Waals surface area (Å²) in [5, 5.41) is 9.48. The molecule has 0 spiro atoms. The van der Waals surface area contributed by atoms with Crippen LogP contribution in [0.2, 0.25) is 0 Å². The van der Waals surface area contributed by atoms with Gasteiger partial charge < -0.3 is 5.11 Å². The van der Waals surface area contributed by atoms with Crippen molar-refractivity contribution in [2.75, 3.05) is 0 Å². The van der Waals surface area contributed by atoms with E-state index in [0.717, 1.165) is 4.90 Å². The minimum Gasteiger partial charge on any atom is -0.508 e. The highest BCUT2D eigenvalue weighted by atomic mass is 32.2. The van der Waals surface area contributed by atoms with Gasteiger partial charge in [-0.2, -0.15) is 0 Å². The van der Waals surface area contributed by atoms with E-state index < -0.39 is 0 Å². The fourth-order valence-electron chi connectivity index (χ4n) is 3.03. The monoisotopic (exact) mass is 401 g/mol. The Bertz CT molecular complexity index is 1010. The van der Waals surface area contributed by atoms with Crippen LogP contribution in [0.5, 0.6) is 5.75 Å². The average molecular weight is 402 g/mol. The van der Waals surface area contributed by atoms with E-state index in [4.69, 9.17) is 0 Å². The number of rotatable bonds is 5. The highest BCUT2D eigenvalue weighted by molar-refractivity contribution is 7.99. The highest BCUT2D eigenvalue weighted by Crippen LogP contribution is 2.36. The fraction of sp³-hybridized carbons (Fsp3) is 0.0400. The second-order valence-corrected chi connectivity index (χ2v) is 9.60. The van der Waals surface area contributed by atoms with E-state index in [1.165, 1.54) is 25.1 Å². The molecule has 0 saturated carbocycles. The topological polar surface area (TPSA) is 20.2 Å². The zero-order valence-electron chi connectivity index (χ0n) is 15.6. The van der Waals surface area contributed by atoms with Gasteiger partial charge in [0, 0.05) is 9.79 Å². The molecule has 0 amide bonds. The lowest BCUT2D eigenvalue weighted by Crippen LogP contribution is -2.05. The van der Waals surface area contributed by atoms with E-state index in [2.05, 4.69) is 85.8 Å². The van der Waals surface area contributed by atoms with E-state index in [9.17, 15) is 5.11 Å². The molecule has 0 unspecified atom stereocenters. The summed E-state index contributed by atoms with van der Waals surface area (Å²) in [6.07, 6.45) is 0. The Labute approximate surface area is 173 Å². The molecule has 1 nitrogen and oxygen atoms in total. The number of benzene rings is 4. The van der Waals surface area contributed by atoms with E-state index >= 15 is 0 Å². The van der Waals surface area contributed by atoms with Gasteiger partial charge in [-0.15, -0.1) is 0 Å². The number of aromatic hydroxyl groups is 1. The lowest BCUT2D eigenvalue weighted by Gasteiger charge is -2.11. The Morgan fingerprint density at radius 3 is 1.75 bits per heavy atom. The van der Waals surface area contributed by atoms with E-state index in [1.54, 1.807) is 23.9 Å². The molecule has 138 valence electrons. The molecule has 4 aromatic rings. The van der Waals surface area contributed by atoms with Crippen LogP contribution in [-0.4, -0.2) is 5.11 Å². The average Bonchev–Trinajstić information content (AvgIpc) is 2.73. The molecular weight excluding hydrogens is 380 g/mol. The van der Waals surface area contributed by atoms with Gasteiger partial charge in [0.15, 0.2) is 14.7 Å². The molecule has 0 aliphatic carbocycles. The first-order valence-electron chi connectivity index (χ1n) is 9.12. The Balaban J connectivity index is 1.70. The number of hydrogen-bond donors (Lipinski definition) is 1. The van der Waals surface area contributed by atoms with Crippen LogP contribution in [0.3, 0.4) is 0 Å². The Morgan fingerprint density at radius 2 is 1.21 bits per heavy atom. The number of aryl methyl sites for hydroxylation is 1. The van der Waals surface area contributed by atoms with Crippen molar-refractivity contribution < 1.29 is 5.11 Å². The fourth-order valence-corrected chi connectivity index (χ4v) is 6.08. The largest absolute Gasteiger partial charge is 0.508 e. The van der Waals surface area contributed by atoms with Crippen molar-refractivity contribution in [1.29, 1.82) is 0 Å². The minimum absolute atomic E-state index is 0.125. The minimum atomic E-state index is -0.125. The van der Waals surface area contributed by atoms with Gasteiger partial charge in [0.2, 0.25) is 0 Å². The van der Waals surface area contributed by atoms with Gasteiger partial charge in [-0.25, -0.2) is 0 Å². The van der Waals surface area contributed by atoms with Crippen molar-refractivity contribution >= 4 is 22.7 Å². The molecule has 0 saturated heterocycles. The lowest BCUT2D eigenvalue weighted by atomic mass is 10.2. The SMILES string of the molecule is Cc1cc([S+](c2ccccc2)c2ccccc2)ccc1Sc1ccc(O)cc1. The Hall–Kier alpha value is -2.62. The maximum atomic E-state index is 9.48. The predicted molar refractivity (Wildman–Crippen MR) is 118 cm³/mol. The summed E-state index contributed by atoms with van der Waals surface area (Å²) in [6.45, 7) is 2.17. The van der Waals surface area contributed by atoms with Crippen molar-refractivity contribution in [2.45, 2.75) is 31.4 Å². The van der Waals surface area contributed by atoms with E-state index in [0.29, 0.717) is 5.75 Å². The van der Waals surface area contributed by atoms with E-state index in [1.807, 2.05) is 12.1 Å². The van der Waals surface area contributed by atoms with Gasteiger partial charge in [0.05, 0.1) is 10.9 Å². The molecular formula is C25H21OS2+. The van der Waals surface area contributed by atoms with Gasteiger partial charge in [-0.1, -0.05) is 48.2 Å². The van der Waals surface area contributed by atoms with Crippen LogP contribution < -0.4 is 0 Å². The molecule has 0 aliphatic heterocycles. The van der Waals surface area contributed by atoms with Crippen LogP contribution in [0.4, 0.5) is 0 Å². The molecule has 1 N–H and O–H groups in total. The molecule has 4 rings (SSSR count).